The maximum absolute atomic E-state index is 8.90. The Kier molecular flexibility index (Phi) is 5.62. The molecule has 21 heavy (non-hydrogen) atoms. The fourth-order valence-electron chi connectivity index (χ4n) is 3.32. The largest absolute Gasteiger partial charge is 0.409 e. The Morgan fingerprint density at radius 3 is 2.48 bits per heavy atom. The van der Waals surface area contributed by atoms with Gasteiger partial charge in [0.1, 0.15) is 5.84 Å². The summed E-state index contributed by atoms with van der Waals surface area (Å²) in [6.07, 6.45) is 5.61. The fourth-order valence-corrected chi connectivity index (χ4v) is 3.32. The van der Waals surface area contributed by atoms with Gasteiger partial charge in [0.05, 0.1) is 0 Å². The Balaban J connectivity index is 2.14. The number of oxime groups is 1. The normalized spacial score (nSPS) is 25.0. The van der Waals surface area contributed by atoms with Crippen molar-refractivity contribution in [3.8, 4) is 0 Å². The van der Waals surface area contributed by atoms with E-state index in [-0.39, 0.29) is 6.04 Å². The second-order valence-corrected chi connectivity index (χ2v) is 6.30. The van der Waals surface area contributed by atoms with Gasteiger partial charge in [0.15, 0.2) is 0 Å². The van der Waals surface area contributed by atoms with Crippen LogP contribution >= 0.6 is 0 Å². The Morgan fingerprint density at radius 2 is 1.90 bits per heavy atom. The number of hydrogen-bond donors (Lipinski definition) is 2. The van der Waals surface area contributed by atoms with Crippen LogP contribution in [0.2, 0.25) is 0 Å². The van der Waals surface area contributed by atoms with Gasteiger partial charge in [-0.1, -0.05) is 42.4 Å². The molecule has 1 aliphatic rings. The number of nitrogens with zero attached hydrogens (tertiary/aromatic N) is 2. The first-order chi connectivity index (χ1) is 10.1. The van der Waals surface area contributed by atoms with Crippen LogP contribution in [-0.4, -0.2) is 29.0 Å². The SMILES string of the molecule is CC1CCC(N(C)C(CC(N)=NO)c2ccccc2)CC1. The Bertz CT molecular complexity index is 452. The standard InChI is InChI=1S/C17H27N3O/c1-13-8-10-15(11-9-13)20(2)16(12-17(18)19-21)14-6-4-3-5-7-14/h3-7,13,15-16,21H,8-12H2,1-2H3,(H2,18,19). The van der Waals surface area contributed by atoms with Crippen LogP contribution in [0.15, 0.2) is 35.5 Å². The zero-order valence-electron chi connectivity index (χ0n) is 13.1. The molecule has 4 nitrogen and oxygen atoms in total. The number of benzene rings is 1. The van der Waals surface area contributed by atoms with E-state index in [1.807, 2.05) is 18.2 Å². The smallest absolute Gasteiger partial charge is 0.141 e. The average molecular weight is 289 g/mol. The van der Waals surface area contributed by atoms with Crippen molar-refractivity contribution in [1.82, 2.24) is 4.90 Å². The van der Waals surface area contributed by atoms with E-state index >= 15 is 0 Å². The zero-order valence-corrected chi connectivity index (χ0v) is 13.1. The molecule has 1 atom stereocenters. The summed E-state index contributed by atoms with van der Waals surface area (Å²) in [5.41, 5.74) is 7.00. The first kappa shape index (κ1) is 15.8. The summed E-state index contributed by atoms with van der Waals surface area (Å²) >= 11 is 0. The highest BCUT2D eigenvalue weighted by molar-refractivity contribution is 5.80. The van der Waals surface area contributed by atoms with Crippen LogP contribution < -0.4 is 5.73 Å². The Hall–Kier alpha value is -1.55. The summed E-state index contributed by atoms with van der Waals surface area (Å²) in [4.78, 5) is 2.42. The molecule has 1 fully saturated rings. The minimum Gasteiger partial charge on any atom is -0.409 e. The molecule has 0 aromatic heterocycles. The molecule has 1 unspecified atom stereocenters. The van der Waals surface area contributed by atoms with Gasteiger partial charge >= 0.3 is 0 Å². The summed E-state index contributed by atoms with van der Waals surface area (Å²) in [7, 11) is 2.17. The van der Waals surface area contributed by atoms with Crippen molar-refractivity contribution in [2.45, 2.75) is 51.1 Å². The van der Waals surface area contributed by atoms with Crippen molar-refractivity contribution >= 4 is 5.84 Å². The molecule has 1 aliphatic carbocycles. The van der Waals surface area contributed by atoms with E-state index in [1.165, 1.54) is 31.2 Å². The molecule has 0 amide bonds. The maximum atomic E-state index is 8.90. The summed E-state index contributed by atoms with van der Waals surface area (Å²) < 4.78 is 0. The summed E-state index contributed by atoms with van der Waals surface area (Å²) in [5, 5.41) is 12.1. The fraction of sp³-hybridized carbons (Fsp3) is 0.588. The molecule has 1 saturated carbocycles. The van der Waals surface area contributed by atoms with Gasteiger partial charge in [-0.25, -0.2) is 0 Å². The van der Waals surface area contributed by atoms with Crippen LogP contribution in [0.1, 0.15) is 50.6 Å². The van der Waals surface area contributed by atoms with Crippen LogP contribution in [-0.2, 0) is 0 Å². The molecule has 3 N–H and O–H groups in total. The van der Waals surface area contributed by atoms with Gasteiger partial charge in [0.2, 0.25) is 0 Å². The second-order valence-electron chi connectivity index (χ2n) is 6.30. The second kappa shape index (κ2) is 7.46. The van der Waals surface area contributed by atoms with E-state index in [2.05, 4.69) is 36.2 Å². The molecule has 4 heteroatoms. The molecule has 116 valence electrons. The van der Waals surface area contributed by atoms with E-state index in [0.29, 0.717) is 18.3 Å². The lowest BCUT2D eigenvalue weighted by atomic mass is 9.85. The lowest BCUT2D eigenvalue weighted by Crippen LogP contribution is -2.39. The number of amidine groups is 1. The molecule has 1 aromatic rings. The van der Waals surface area contributed by atoms with Gasteiger partial charge < -0.3 is 10.9 Å². The molecule has 0 bridgehead atoms. The monoisotopic (exact) mass is 289 g/mol. The minimum absolute atomic E-state index is 0.167. The van der Waals surface area contributed by atoms with Crippen molar-refractivity contribution in [3.05, 3.63) is 35.9 Å². The quantitative estimate of drug-likeness (QED) is 0.378. The van der Waals surface area contributed by atoms with Gasteiger partial charge in [-0.2, -0.15) is 0 Å². The summed E-state index contributed by atoms with van der Waals surface area (Å²) in [5.74, 6) is 1.13. The van der Waals surface area contributed by atoms with Gasteiger partial charge in [-0.15, -0.1) is 0 Å². The Morgan fingerprint density at radius 1 is 1.29 bits per heavy atom. The maximum Gasteiger partial charge on any atom is 0.141 e. The van der Waals surface area contributed by atoms with Crippen molar-refractivity contribution in [1.29, 1.82) is 0 Å². The number of nitrogens with two attached hydrogens (primary N) is 1. The third-order valence-corrected chi connectivity index (χ3v) is 4.77. The molecule has 1 aromatic carbocycles. The highest BCUT2D eigenvalue weighted by atomic mass is 16.4. The molecule has 0 saturated heterocycles. The van der Waals surface area contributed by atoms with Gasteiger partial charge in [-0.05, 0) is 44.2 Å². The topological polar surface area (TPSA) is 61.8 Å². The number of hydrogen-bond acceptors (Lipinski definition) is 3. The summed E-state index contributed by atoms with van der Waals surface area (Å²) in [6, 6.07) is 11.1. The molecule has 0 spiro atoms. The lowest BCUT2D eigenvalue weighted by Gasteiger charge is -2.38. The van der Waals surface area contributed by atoms with Crippen molar-refractivity contribution < 1.29 is 5.21 Å². The van der Waals surface area contributed by atoms with E-state index in [9.17, 15) is 0 Å². The minimum atomic E-state index is 0.167. The third kappa shape index (κ3) is 4.21. The number of rotatable bonds is 5. The summed E-state index contributed by atoms with van der Waals surface area (Å²) in [6.45, 7) is 2.33. The van der Waals surface area contributed by atoms with Crippen molar-refractivity contribution in [2.24, 2.45) is 16.8 Å². The van der Waals surface area contributed by atoms with E-state index < -0.39 is 0 Å². The lowest BCUT2D eigenvalue weighted by molar-refractivity contribution is 0.125. The van der Waals surface area contributed by atoms with Crippen LogP contribution in [0.4, 0.5) is 0 Å². The molecule has 2 rings (SSSR count). The van der Waals surface area contributed by atoms with Crippen LogP contribution in [0.25, 0.3) is 0 Å². The molecular formula is C17H27N3O. The third-order valence-electron chi connectivity index (χ3n) is 4.77. The highest BCUT2D eigenvalue weighted by Crippen LogP contribution is 2.32. The van der Waals surface area contributed by atoms with Crippen molar-refractivity contribution in [3.63, 3.8) is 0 Å². The average Bonchev–Trinajstić information content (AvgIpc) is 2.53. The van der Waals surface area contributed by atoms with E-state index in [4.69, 9.17) is 10.9 Å². The molecule has 0 aliphatic heterocycles. The first-order valence-corrected chi connectivity index (χ1v) is 7.85. The molecular weight excluding hydrogens is 262 g/mol. The Labute approximate surface area is 127 Å². The highest BCUT2D eigenvalue weighted by Gasteiger charge is 2.28. The molecule has 0 heterocycles. The zero-order chi connectivity index (χ0) is 15.2. The van der Waals surface area contributed by atoms with Gasteiger partial charge in [-0.3, -0.25) is 4.90 Å². The van der Waals surface area contributed by atoms with E-state index in [0.717, 1.165) is 5.92 Å². The predicted molar refractivity (Wildman–Crippen MR) is 86.4 cm³/mol. The first-order valence-electron chi connectivity index (χ1n) is 7.85. The van der Waals surface area contributed by atoms with Gasteiger partial charge in [0, 0.05) is 18.5 Å². The van der Waals surface area contributed by atoms with Crippen LogP contribution in [0.3, 0.4) is 0 Å². The van der Waals surface area contributed by atoms with Crippen LogP contribution in [0, 0.1) is 5.92 Å². The van der Waals surface area contributed by atoms with Crippen molar-refractivity contribution in [2.75, 3.05) is 7.05 Å². The predicted octanol–water partition coefficient (Wildman–Crippen LogP) is 3.37. The molecule has 0 radical (unpaired) electrons. The van der Waals surface area contributed by atoms with Crippen LogP contribution in [0.5, 0.6) is 0 Å². The van der Waals surface area contributed by atoms with E-state index in [1.54, 1.807) is 0 Å². The van der Waals surface area contributed by atoms with Gasteiger partial charge in [0.25, 0.3) is 0 Å².